The molecule has 2 aromatic heterocycles. The van der Waals surface area contributed by atoms with Crippen molar-refractivity contribution >= 4 is 34.5 Å². The molecule has 1 aliphatic heterocycles. The van der Waals surface area contributed by atoms with Crippen LogP contribution in [0.1, 0.15) is 20.8 Å². The van der Waals surface area contributed by atoms with Crippen molar-refractivity contribution in [3.8, 4) is 5.69 Å². The number of nitrogens with zero attached hydrogens (tertiary/aromatic N) is 1. The van der Waals surface area contributed by atoms with Gasteiger partial charge < -0.3 is 5.32 Å². The maximum absolute atomic E-state index is 12.1. The van der Waals surface area contributed by atoms with E-state index in [1.54, 1.807) is 28.8 Å². The molecular weight excluding hydrogens is 410 g/mol. The molecule has 1 amide bonds. The van der Waals surface area contributed by atoms with Gasteiger partial charge in [-0.3, -0.25) is 24.5 Å². The summed E-state index contributed by atoms with van der Waals surface area (Å²) in [4.78, 5) is 30.3. The number of halogens is 1. The molecule has 8 heteroatoms. The summed E-state index contributed by atoms with van der Waals surface area (Å²) in [6.45, 7) is 2.28. The molecule has 4 rings (SSSR count). The first-order valence-electron chi connectivity index (χ1n) is 8.97. The summed E-state index contributed by atoms with van der Waals surface area (Å²) in [6.07, 6.45) is 3.44. The molecule has 3 heterocycles. The van der Waals surface area contributed by atoms with Crippen molar-refractivity contribution in [3.63, 3.8) is 0 Å². The van der Waals surface area contributed by atoms with E-state index in [4.69, 9.17) is 16.4 Å². The Balaban J connectivity index is 1.42. The normalized spacial score (nSPS) is 15.7. The minimum Gasteiger partial charge on any atom is -0.348 e. The van der Waals surface area contributed by atoms with Gasteiger partial charge in [0.25, 0.3) is 11.5 Å². The van der Waals surface area contributed by atoms with Crippen LogP contribution in [0.4, 0.5) is 0 Å². The zero-order valence-electron chi connectivity index (χ0n) is 15.5. The van der Waals surface area contributed by atoms with Gasteiger partial charge in [0.05, 0.1) is 21.5 Å². The Morgan fingerprint density at radius 3 is 2.72 bits per heavy atom. The highest BCUT2D eigenvalue weighted by Crippen LogP contribution is 2.22. The van der Waals surface area contributed by atoms with Gasteiger partial charge in [0.15, 0.2) is 0 Å². The largest absolute Gasteiger partial charge is 0.348 e. The number of aromatic nitrogens is 1. The molecular formula is C21H18ClN3O3S. The van der Waals surface area contributed by atoms with Gasteiger partial charge in [0.2, 0.25) is 0 Å². The highest BCUT2D eigenvalue weighted by Gasteiger charge is 2.19. The molecule has 1 aliphatic rings. The predicted molar refractivity (Wildman–Crippen MR) is 114 cm³/mol. The van der Waals surface area contributed by atoms with Gasteiger partial charge in [-0.1, -0.05) is 29.8 Å². The lowest BCUT2D eigenvalue weighted by Gasteiger charge is -2.09. The number of hydroxylamine groups is 1. The van der Waals surface area contributed by atoms with Gasteiger partial charge in [-0.15, -0.1) is 11.3 Å². The van der Waals surface area contributed by atoms with Gasteiger partial charge >= 0.3 is 0 Å². The van der Waals surface area contributed by atoms with Gasteiger partial charge in [0.1, 0.15) is 6.10 Å². The van der Waals surface area contributed by atoms with Crippen molar-refractivity contribution < 1.29 is 9.63 Å². The quantitative estimate of drug-likeness (QED) is 0.653. The van der Waals surface area contributed by atoms with Crippen molar-refractivity contribution in [2.24, 2.45) is 0 Å². The van der Waals surface area contributed by atoms with Gasteiger partial charge in [-0.25, -0.2) is 0 Å². The average Bonchev–Trinajstić information content (AvgIpc) is 3.37. The van der Waals surface area contributed by atoms with E-state index in [0.29, 0.717) is 15.8 Å². The van der Waals surface area contributed by atoms with Crippen LogP contribution in [0.3, 0.4) is 0 Å². The molecule has 0 bridgehead atoms. The number of hydrogen-bond acceptors (Lipinski definition) is 5. The first-order chi connectivity index (χ1) is 14.0. The fourth-order valence-corrected chi connectivity index (χ4v) is 3.92. The summed E-state index contributed by atoms with van der Waals surface area (Å²) in [6, 6.07) is 14.3. The van der Waals surface area contributed by atoms with Crippen LogP contribution >= 0.6 is 22.9 Å². The van der Waals surface area contributed by atoms with Crippen LogP contribution in [0.5, 0.6) is 0 Å². The standard InChI is InChI=1S/C21H18ClN3O3S/c1-13-2-9-20(26)25(12-13)15-5-3-14(4-6-15)17-10-16(28-24-17)11-23-21(27)18-7-8-19(22)29-18/h2-10,12,16,24H,11H2,1H3,(H,23,27). The highest BCUT2D eigenvalue weighted by molar-refractivity contribution is 7.17. The molecule has 2 N–H and O–H groups in total. The number of thiophene rings is 1. The van der Waals surface area contributed by atoms with Crippen LogP contribution in [-0.4, -0.2) is 23.1 Å². The third-order valence-corrected chi connectivity index (χ3v) is 5.68. The third-order valence-electron chi connectivity index (χ3n) is 4.45. The first kappa shape index (κ1) is 19.4. The Hall–Kier alpha value is -2.87. The molecule has 1 atom stereocenters. The summed E-state index contributed by atoms with van der Waals surface area (Å²) in [5.41, 5.74) is 6.36. The third kappa shape index (κ3) is 4.42. The van der Waals surface area contributed by atoms with Crippen LogP contribution < -0.4 is 16.4 Å². The molecule has 0 spiro atoms. The van der Waals surface area contributed by atoms with Gasteiger partial charge in [0, 0.05) is 18.0 Å². The van der Waals surface area contributed by atoms with Crippen molar-refractivity contribution in [1.82, 2.24) is 15.4 Å². The summed E-state index contributed by atoms with van der Waals surface area (Å²) >= 11 is 7.10. The maximum atomic E-state index is 12.1. The van der Waals surface area contributed by atoms with E-state index in [-0.39, 0.29) is 17.6 Å². The molecule has 0 fully saturated rings. The molecule has 1 aromatic carbocycles. The minimum absolute atomic E-state index is 0.0762. The Labute approximate surface area is 176 Å². The van der Waals surface area contributed by atoms with Crippen molar-refractivity contribution in [2.75, 3.05) is 6.54 Å². The topological polar surface area (TPSA) is 72.4 Å². The van der Waals surface area contributed by atoms with E-state index >= 15 is 0 Å². The summed E-state index contributed by atoms with van der Waals surface area (Å²) < 4.78 is 2.19. The van der Waals surface area contributed by atoms with Gasteiger partial charge in [-0.05, 0) is 48.4 Å². The van der Waals surface area contributed by atoms with Crippen LogP contribution in [0.15, 0.2) is 65.6 Å². The van der Waals surface area contributed by atoms with Crippen molar-refractivity contribution in [3.05, 3.63) is 91.5 Å². The smallest absolute Gasteiger partial charge is 0.261 e. The molecule has 0 radical (unpaired) electrons. The Kier molecular flexibility index (Phi) is 5.53. The monoisotopic (exact) mass is 427 g/mol. The number of nitrogens with one attached hydrogen (secondary N) is 2. The van der Waals surface area contributed by atoms with E-state index in [1.165, 1.54) is 11.3 Å². The number of rotatable bonds is 5. The molecule has 0 saturated heterocycles. The van der Waals surface area contributed by atoms with Crippen LogP contribution in [0.25, 0.3) is 11.4 Å². The molecule has 3 aromatic rings. The number of carbonyl (C=O) groups excluding carboxylic acids is 1. The van der Waals surface area contributed by atoms with Crippen LogP contribution in [-0.2, 0) is 4.84 Å². The summed E-state index contributed by atoms with van der Waals surface area (Å²) in [7, 11) is 0. The second kappa shape index (κ2) is 8.24. The lowest BCUT2D eigenvalue weighted by Crippen LogP contribution is -2.31. The lowest BCUT2D eigenvalue weighted by molar-refractivity contribution is 0.0499. The van der Waals surface area contributed by atoms with Crippen LogP contribution in [0.2, 0.25) is 4.34 Å². The number of amides is 1. The molecule has 0 aliphatic carbocycles. The first-order valence-corrected chi connectivity index (χ1v) is 10.2. The zero-order chi connectivity index (χ0) is 20.4. The molecule has 29 heavy (non-hydrogen) atoms. The highest BCUT2D eigenvalue weighted by atomic mass is 35.5. The van der Waals surface area contributed by atoms with Crippen LogP contribution in [0, 0.1) is 6.92 Å². The number of benzene rings is 1. The molecule has 0 saturated carbocycles. The minimum atomic E-state index is -0.288. The lowest BCUT2D eigenvalue weighted by atomic mass is 10.1. The molecule has 148 valence electrons. The van der Waals surface area contributed by atoms with Gasteiger partial charge in [-0.2, -0.15) is 0 Å². The van der Waals surface area contributed by atoms with Crippen molar-refractivity contribution in [1.29, 1.82) is 0 Å². The maximum Gasteiger partial charge on any atom is 0.261 e. The molecule has 6 nitrogen and oxygen atoms in total. The predicted octanol–water partition coefficient (Wildman–Crippen LogP) is 3.54. The number of pyridine rings is 1. The SMILES string of the molecule is Cc1ccc(=O)n(-c2ccc(C3=CC(CNC(=O)c4ccc(Cl)s4)ON3)cc2)c1. The Bertz CT molecular complexity index is 1130. The fourth-order valence-electron chi connectivity index (χ4n) is 2.96. The van der Waals surface area contributed by atoms with Crippen molar-refractivity contribution in [2.45, 2.75) is 13.0 Å². The number of hydrogen-bond donors (Lipinski definition) is 2. The van der Waals surface area contributed by atoms with E-state index in [9.17, 15) is 9.59 Å². The second-order valence-corrected chi connectivity index (χ2v) is 8.33. The average molecular weight is 428 g/mol. The Morgan fingerprint density at radius 1 is 1.21 bits per heavy atom. The van der Waals surface area contributed by atoms with E-state index in [1.807, 2.05) is 43.5 Å². The Morgan fingerprint density at radius 2 is 2.00 bits per heavy atom. The zero-order valence-corrected chi connectivity index (χ0v) is 17.1. The second-order valence-electron chi connectivity index (χ2n) is 6.61. The summed E-state index contributed by atoms with van der Waals surface area (Å²) in [5.74, 6) is -0.180. The fraction of sp³-hybridized carbons (Fsp3) is 0.143. The van der Waals surface area contributed by atoms with E-state index in [0.717, 1.165) is 22.5 Å². The molecule has 1 unspecified atom stereocenters. The van der Waals surface area contributed by atoms with E-state index in [2.05, 4.69) is 10.8 Å². The van der Waals surface area contributed by atoms with E-state index < -0.39 is 0 Å². The number of carbonyl (C=O) groups is 1. The number of aryl methyl sites for hydroxylation is 1. The summed E-state index contributed by atoms with van der Waals surface area (Å²) in [5, 5.41) is 2.83.